The summed E-state index contributed by atoms with van der Waals surface area (Å²) in [6.45, 7) is 0. The molecule has 0 aliphatic rings. The van der Waals surface area contributed by atoms with Gasteiger partial charge in [0, 0.05) is 9.79 Å². The minimum absolute atomic E-state index is 0.00747. The molecule has 0 spiro atoms. The fraction of sp³-hybridized carbons (Fsp3) is 0.125. The molecule has 0 fully saturated rings. The Kier molecular flexibility index (Phi) is 4.21. The van der Waals surface area contributed by atoms with E-state index < -0.39 is 5.91 Å². The van der Waals surface area contributed by atoms with Gasteiger partial charge in [0.15, 0.2) is 0 Å². The minimum Gasteiger partial charge on any atom is -0.369 e. The summed E-state index contributed by atoms with van der Waals surface area (Å²) < 4.78 is 24.5. The summed E-state index contributed by atoms with van der Waals surface area (Å²) in [7, 11) is 0. The van der Waals surface area contributed by atoms with E-state index in [-0.39, 0.29) is 40.5 Å². The maximum Gasteiger partial charge on any atom is 0.221 e. The Labute approximate surface area is 88.8 Å². The van der Waals surface area contributed by atoms with Crippen molar-refractivity contribution in [3.63, 3.8) is 0 Å². The molecule has 14 heavy (non-hydrogen) atoms. The lowest BCUT2D eigenvalue weighted by atomic mass is 10.1. The van der Waals surface area contributed by atoms with Crippen molar-refractivity contribution in [1.82, 2.24) is 0 Å². The van der Waals surface area contributed by atoms with E-state index in [0.717, 1.165) is 0 Å². The number of halogens is 2. The molecule has 0 heterocycles. The summed E-state index contributed by atoms with van der Waals surface area (Å²) >= 11 is 0.0149. The van der Waals surface area contributed by atoms with E-state index in [1.54, 1.807) is 0 Å². The predicted molar refractivity (Wildman–Crippen MR) is 53.3 cm³/mol. The predicted octanol–water partition coefficient (Wildman–Crippen LogP) is 2.67. The Morgan fingerprint density at radius 3 is 2.07 bits per heavy atom. The second-order valence-electron chi connectivity index (χ2n) is 2.61. The monoisotopic (exact) mass is 235 g/mol. The first-order valence-corrected chi connectivity index (χ1v) is 5.08. The van der Waals surface area contributed by atoms with Crippen LogP contribution in [0.15, 0.2) is 28.0 Å². The molecule has 1 aromatic carbocycles. The number of benzene rings is 1. The van der Waals surface area contributed by atoms with Crippen LogP contribution in [0.2, 0.25) is 0 Å². The molecule has 1 amide bonds. The normalized spacial score (nSPS) is 10.1. The van der Waals surface area contributed by atoms with Crippen molar-refractivity contribution >= 4 is 30.2 Å². The van der Waals surface area contributed by atoms with Crippen LogP contribution in [0.5, 0.6) is 0 Å². The molecule has 0 bridgehead atoms. The molecule has 0 aromatic heterocycles. The van der Waals surface area contributed by atoms with Gasteiger partial charge < -0.3 is 5.73 Å². The average Bonchev–Trinajstić information content (AvgIpc) is 2.16. The lowest BCUT2D eigenvalue weighted by molar-refractivity contribution is -0.117. The summed E-state index contributed by atoms with van der Waals surface area (Å²) in [5.74, 6) is -0.527. The summed E-state index contributed by atoms with van der Waals surface area (Å²) in [5.41, 5.74) is 5.48. The highest BCUT2D eigenvalue weighted by atomic mass is 32.2. The first-order valence-electron chi connectivity index (χ1n) is 3.65. The van der Waals surface area contributed by atoms with E-state index in [4.69, 9.17) is 5.73 Å². The van der Waals surface area contributed by atoms with Gasteiger partial charge in [-0.2, -0.15) is 7.77 Å². The summed E-state index contributed by atoms with van der Waals surface area (Å²) in [5, 5.41) is 0. The number of primary amides is 1. The molecular formula is C8H7F2NOS2. The number of nitrogens with two attached hydrogens (primary N) is 1. The van der Waals surface area contributed by atoms with E-state index in [1.165, 1.54) is 18.2 Å². The number of rotatable bonds is 4. The van der Waals surface area contributed by atoms with E-state index in [9.17, 15) is 12.6 Å². The van der Waals surface area contributed by atoms with Crippen molar-refractivity contribution in [2.75, 3.05) is 0 Å². The highest BCUT2D eigenvalue weighted by Crippen LogP contribution is 2.28. The fourth-order valence-corrected chi connectivity index (χ4v) is 1.83. The molecule has 2 nitrogen and oxygen atoms in total. The minimum atomic E-state index is -0.527. The van der Waals surface area contributed by atoms with E-state index in [0.29, 0.717) is 5.56 Å². The van der Waals surface area contributed by atoms with Crippen LogP contribution >= 0.6 is 24.3 Å². The molecule has 1 aromatic rings. The Balaban J connectivity index is 2.98. The highest BCUT2D eigenvalue weighted by molar-refractivity contribution is 7.95. The van der Waals surface area contributed by atoms with Crippen molar-refractivity contribution in [3.05, 3.63) is 23.8 Å². The Bertz CT molecular complexity index is 324. The van der Waals surface area contributed by atoms with Crippen molar-refractivity contribution < 1.29 is 12.6 Å². The maximum atomic E-state index is 12.2. The smallest absolute Gasteiger partial charge is 0.221 e. The first-order chi connectivity index (χ1) is 6.65. The lowest BCUT2D eigenvalue weighted by Gasteiger charge is -2.02. The summed E-state index contributed by atoms with van der Waals surface area (Å²) in [6, 6.07) is 4.30. The Hall–Kier alpha value is -0.750. The highest BCUT2D eigenvalue weighted by Gasteiger charge is 2.05. The van der Waals surface area contributed by atoms with Gasteiger partial charge >= 0.3 is 0 Å². The topological polar surface area (TPSA) is 43.1 Å². The van der Waals surface area contributed by atoms with Gasteiger partial charge in [0.1, 0.15) is 0 Å². The quantitative estimate of drug-likeness (QED) is 0.872. The van der Waals surface area contributed by atoms with Crippen molar-refractivity contribution in [1.29, 1.82) is 0 Å². The molecule has 0 radical (unpaired) electrons. The molecule has 0 atom stereocenters. The number of amides is 1. The zero-order valence-corrected chi connectivity index (χ0v) is 8.63. The number of carbonyl (C=O) groups is 1. The molecule has 1 rings (SSSR count). The molecule has 0 aliphatic heterocycles. The van der Waals surface area contributed by atoms with Crippen molar-refractivity contribution in [2.24, 2.45) is 5.73 Å². The number of hydrogen-bond donors (Lipinski definition) is 1. The Morgan fingerprint density at radius 1 is 1.21 bits per heavy atom. The van der Waals surface area contributed by atoms with Crippen LogP contribution in [0, 0.1) is 0 Å². The first kappa shape index (κ1) is 11.3. The number of carbonyl (C=O) groups excluding carboxylic acids is 1. The largest absolute Gasteiger partial charge is 0.369 e. The van der Waals surface area contributed by atoms with Crippen LogP contribution < -0.4 is 5.73 Å². The van der Waals surface area contributed by atoms with Gasteiger partial charge in [0.2, 0.25) is 5.91 Å². The van der Waals surface area contributed by atoms with Gasteiger partial charge in [0.25, 0.3) is 0 Å². The van der Waals surface area contributed by atoms with Crippen LogP contribution in [0.4, 0.5) is 7.77 Å². The molecule has 6 heteroatoms. The zero-order valence-electron chi connectivity index (χ0n) is 7.00. The van der Waals surface area contributed by atoms with Crippen LogP contribution in [0.25, 0.3) is 0 Å². The van der Waals surface area contributed by atoms with Crippen molar-refractivity contribution in [3.8, 4) is 0 Å². The molecule has 2 N–H and O–H groups in total. The fourth-order valence-electron chi connectivity index (χ4n) is 1.02. The maximum absolute atomic E-state index is 12.2. The van der Waals surface area contributed by atoms with Gasteiger partial charge in [0.05, 0.1) is 30.7 Å². The standard InChI is InChI=1S/C8H7F2NOS2/c9-13-6-1-5(3-8(11)12)2-7(4-6)14-10/h1-2,4H,3H2,(H2,11,12). The van der Waals surface area contributed by atoms with Crippen LogP contribution in [-0.4, -0.2) is 5.91 Å². The zero-order chi connectivity index (χ0) is 10.6. The molecule has 0 aliphatic carbocycles. The van der Waals surface area contributed by atoms with Crippen LogP contribution in [0.3, 0.4) is 0 Å². The second kappa shape index (κ2) is 5.21. The molecule has 0 unspecified atom stereocenters. The molecule has 76 valence electrons. The number of hydrogen-bond acceptors (Lipinski definition) is 3. The third-order valence-electron chi connectivity index (χ3n) is 1.50. The van der Waals surface area contributed by atoms with Gasteiger partial charge in [-0.1, -0.05) is 0 Å². The average molecular weight is 235 g/mol. The van der Waals surface area contributed by atoms with E-state index in [1.807, 2.05) is 0 Å². The third kappa shape index (κ3) is 3.19. The molecular weight excluding hydrogens is 228 g/mol. The van der Waals surface area contributed by atoms with Crippen LogP contribution in [-0.2, 0) is 11.2 Å². The van der Waals surface area contributed by atoms with Gasteiger partial charge in [-0.05, 0) is 23.8 Å². The summed E-state index contributed by atoms with van der Waals surface area (Å²) in [4.78, 5) is 11.1. The van der Waals surface area contributed by atoms with Gasteiger partial charge in [-0.3, -0.25) is 4.79 Å². The van der Waals surface area contributed by atoms with E-state index in [2.05, 4.69) is 0 Å². The van der Waals surface area contributed by atoms with Crippen molar-refractivity contribution in [2.45, 2.75) is 16.2 Å². The van der Waals surface area contributed by atoms with Crippen LogP contribution in [0.1, 0.15) is 5.56 Å². The SMILES string of the molecule is NC(=O)Cc1cc(SF)cc(SF)c1. The Morgan fingerprint density at radius 2 is 1.71 bits per heavy atom. The second-order valence-corrected chi connectivity index (χ2v) is 3.86. The molecule has 0 saturated carbocycles. The van der Waals surface area contributed by atoms with Gasteiger partial charge in [-0.15, -0.1) is 0 Å². The molecule has 0 saturated heterocycles. The lowest BCUT2D eigenvalue weighted by Crippen LogP contribution is -2.13. The third-order valence-corrected chi connectivity index (χ3v) is 2.32. The summed E-state index contributed by atoms with van der Waals surface area (Å²) in [6.07, 6.45) is -0.0119. The van der Waals surface area contributed by atoms with Gasteiger partial charge in [-0.25, -0.2) is 0 Å². The van der Waals surface area contributed by atoms with E-state index >= 15 is 0 Å².